The molecule has 0 saturated carbocycles. The van der Waals surface area contributed by atoms with Crippen molar-refractivity contribution in [2.75, 3.05) is 5.32 Å². The number of aromatic nitrogens is 2. The van der Waals surface area contributed by atoms with Crippen LogP contribution >= 0.6 is 0 Å². The molecular weight excluding hydrogens is 311 g/mol. The van der Waals surface area contributed by atoms with Crippen molar-refractivity contribution in [1.82, 2.24) is 10.1 Å². The number of anilines is 1. The van der Waals surface area contributed by atoms with Crippen LogP contribution in [0.2, 0.25) is 0 Å². The number of alkyl halides is 3. The molecule has 1 heterocycles. The van der Waals surface area contributed by atoms with Crippen molar-refractivity contribution >= 4 is 11.6 Å². The SMILES string of the molecule is CCC(C)C(=O)Nc1ccc(-c2noc(C(F)(F)F)n2)cc1C. The summed E-state index contributed by atoms with van der Waals surface area (Å²) in [5.74, 6) is -1.78. The lowest BCUT2D eigenvalue weighted by Gasteiger charge is -2.12. The number of hydrogen-bond donors (Lipinski definition) is 1. The summed E-state index contributed by atoms with van der Waals surface area (Å²) in [6.07, 6.45) is -3.96. The van der Waals surface area contributed by atoms with Crippen molar-refractivity contribution in [3.05, 3.63) is 29.7 Å². The average Bonchev–Trinajstić information content (AvgIpc) is 2.98. The number of carbonyl (C=O) groups is 1. The molecule has 1 unspecified atom stereocenters. The highest BCUT2D eigenvalue weighted by Gasteiger charge is 2.38. The van der Waals surface area contributed by atoms with E-state index in [0.29, 0.717) is 23.2 Å². The molecule has 0 radical (unpaired) electrons. The topological polar surface area (TPSA) is 68.0 Å². The quantitative estimate of drug-likeness (QED) is 0.920. The van der Waals surface area contributed by atoms with E-state index in [1.807, 2.05) is 13.8 Å². The van der Waals surface area contributed by atoms with E-state index in [0.717, 1.165) is 0 Å². The number of nitrogens with one attached hydrogen (secondary N) is 1. The lowest BCUT2D eigenvalue weighted by molar-refractivity contribution is -0.159. The number of nitrogens with zero attached hydrogens (tertiary/aromatic N) is 2. The molecule has 0 saturated heterocycles. The van der Waals surface area contributed by atoms with Crippen molar-refractivity contribution in [1.29, 1.82) is 0 Å². The first-order valence-electron chi connectivity index (χ1n) is 7.05. The van der Waals surface area contributed by atoms with Crippen LogP contribution in [0.25, 0.3) is 11.4 Å². The third-order valence-electron chi connectivity index (χ3n) is 3.47. The Morgan fingerprint density at radius 3 is 2.61 bits per heavy atom. The molecule has 1 N–H and O–H groups in total. The first kappa shape index (κ1) is 17.0. The maximum absolute atomic E-state index is 12.5. The summed E-state index contributed by atoms with van der Waals surface area (Å²) in [5, 5.41) is 6.12. The molecule has 0 aliphatic heterocycles. The van der Waals surface area contributed by atoms with E-state index >= 15 is 0 Å². The van der Waals surface area contributed by atoms with E-state index in [-0.39, 0.29) is 17.6 Å². The second-order valence-electron chi connectivity index (χ2n) is 5.25. The van der Waals surface area contributed by atoms with Crippen LogP contribution in [0.5, 0.6) is 0 Å². The fourth-order valence-electron chi connectivity index (χ4n) is 1.84. The smallest absolute Gasteiger partial charge is 0.329 e. The van der Waals surface area contributed by atoms with Gasteiger partial charge in [0.25, 0.3) is 0 Å². The largest absolute Gasteiger partial charge is 0.471 e. The predicted octanol–water partition coefficient (Wildman–Crippen LogP) is 4.05. The van der Waals surface area contributed by atoms with Crippen LogP contribution in [0.4, 0.5) is 18.9 Å². The summed E-state index contributed by atoms with van der Waals surface area (Å²) < 4.78 is 41.6. The first-order valence-corrected chi connectivity index (χ1v) is 7.05. The third-order valence-corrected chi connectivity index (χ3v) is 3.47. The summed E-state index contributed by atoms with van der Waals surface area (Å²) in [6.45, 7) is 5.46. The fraction of sp³-hybridized carbons (Fsp3) is 0.400. The van der Waals surface area contributed by atoms with Gasteiger partial charge in [-0.15, -0.1) is 0 Å². The van der Waals surface area contributed by atoms with Gasteiger partial charge in [0.2, 0.25) is 11.7 Å². The lowest BCUT2D eigenvalue weighted by Crippen LogP contribution is -2.20. The van der Waals surface area contributed by atoms with E-state index in [4.69, 9.17) is 0 Å². The van der Waals surface area contributed by atoms with Crippen molar-refractivity contribution in [3.63, 3.8) is 0 Å². The Bertz CT molecular complexity index is 710. The maximum Gasteiger partial charge on any atom is 0.471 e. The number of hydrogen-bond acceptors (Lipinski definition) is 4. The van der Waals surface area contributed by atoms with Crippen molar-refractivity contribution in [3.8, 4) is 11.4 Å². The second kappa shape index (κ2) is 6.39. The second-order valence-corrected chi connectivity index (χ2v) is 5.25. The van der Waals surface area contributed by atoms with Gasteiger partial charge in [-0.2, -0.15) is 18.2 Å². The van der Waals surface area contributed by atoms with Gasteiger partial charge in [-0.25, -0.2) is 0 Å². The van der Waals surface area contributed by atoms with Crippen LogP contribution in [0.1, 0.15) is 31.7 Å². The number of amides is 1. The van der Waals surface area contributed by atoms with Crippen molar-refractivity contribution in [2.24, 2.45) is 5.92 Å². The molecule has 0 bridgehead atoms. The van der Waals surface area contributed by atoms with Gasteiger partial charge >= 0.3 is 12.1 Å². The first-order chi connectivity index (χ1) is 10.7. The minimum Gasteiger partial charge on any atom is -0.329 e. The molecule has 124 valence electrons. The van der Waals surface area contributed by atoms with Crippen LogP contribution in [0.15, 0.2) is 22.7 Å². The zero-order chi connectivity index (χ0) is 17.2. The van der Waals surface area contributed by atoms with E-state index in [1.165, 1.54) is 6.07 Å². The number of halogens is 3. The molecule has 5 nitrogen and oxygen atoms in total. The molecule has 0 aliphatic rings. The Morgan fingerprint density at radius 2 is 2.09 bits per heavy atom. The number of benzene rings is 1. The number of carbonyl (C=O) groups excluding carboxylic acids is 1. The zero-order valence-corrected chi connectivity index (χ0v) is 12.9. The van der Waals surface area contributed by atoms with Crippen LogP contribution in [-0.2, 0) is 11.0 Å². The summed E-state index contributed by atoms with van der Waals surface area (Å²) in [7, 11) is 0. The standard InChI is InChI=1S/C15H16F3N3O2/c1-4-8(2)13(22)19-11-6-5-10(7-9(11)3)12-20-14(23-21-12)15(16,17)18/h5-8H,4H2,1-3H3,(H,19,22). The minimum atomic E-state index is -4.68. The third kappa shape index (κ3) is 3.88. The molecule has 2 rings (SSSR count). The highest BCUT2D eigenvalue weighted by molar-refractivity contribution is 5.93. The fourth-order valence-corrected chi connectivity index (χ4v) is 1.84. The highest BCUT2D eigenvalue weighted by Crippen LogP contribution is 2.30. The molecule has 1 atom stereocenters. The molecular formula is C15H16F3N3O2. The van der Waals surface area contributed by atoms with Crippen LogP contribution in [0.3, 0.4) is 0 Å². The Labute approximate surface area is 130 Å². The lowest BCUT2D eigenvalue weighted by atomic mass is 10.1. The summed E-state index contributed by atoms with van der Waals surface area (Å²) in [4.78, 5) is 15.2. The van der Waals surface area contributed by atoms with Crippen LogP contribution < -0.4 is 5.32 Å². The highest BCUT2D eigenvalue weighted by atomic mass is 19.4. The van der Waals surface area contributed by atoms with Crippen LogP contribution in [-0.4, -0.2) is 16.0 Å². The molecule has 23 heavy (non-hydrogen) atoms. The van der Waals surface area contributed by atoms with E-state index in [1.54, 1.807) is 19.1 Å². The number of rotatable bonds is 4. The molecule has 1 amide bonds. The summed E-state index contributed by atoms with van der Waals surface area (Å²) in [6, 6.07) is 4.73. The van der Waals surface area contributed by atoms with E-state index in [2.05, 4.69) is 20.0 Å². The Kier molecular flexibility index (Phi) is 4.72. The summed E-state index contributed by atoms with van der Waals surface area (Å²) in [5.41, 5.74) is 1.67. The Morgan fingerprint density at radius 1 is 1.39 bits per heavy atom. The number of aryl methyl sites for hydroxylation is 1. The predicted molar refractivity (Wildman–Crippen MR) is 77.6 cm³/mol. The Balaban J connectivity index is 2.22. The molecule has 8 heteroatoms. The Hall–Kier alpha value is -2.38. The van der Waals surface area contributed by atoms with Gasteiger partial charge in [0.05, 0.1) is 0 Å². The van der Waals surface area contributed by atoms with Crippen LogP contribution in [0, 0.1) is 12.8 Å². The van der Waals surface area contributed by atoms with Gasteiger partial charge in [0, 0.05) is 17.2 Å². The maximum atomic E-state index is 12.5. The van der Waals surface area contributed by atoms with Gasteiger partial charge in [-0.3, -0.25) is 4.79 Å². The van der Waals surface area contributed by atoms with Crippen molar-refractivity contribution in [2.45, 2.75) is 33.4 Å². The van der Waals surface area contributed by atoms with Gasteiger partial charge in [-0.1, -0.05) is 19.0 Å². The van der Waals surface area contributed by atoms with Gasteiger partial charge < -0.3 is 9.84 Å². The monoisotopic (exact) mass is 327 g/mol. The molecule has 0 aliphatic carbocycles. The normalized spacial score (nSPS) is 13.0. The van der Waals surface area contributed by atoms with Crippen molar-refractivity contribution < 1.29 is 22.5 Å². The summed E-state index contributed by atoms with van der Waals surface area (Å²) >= 11 is 0. The van der Waals surface area contributed by atoms with Gasteiger partial charge in [-0.05, 0) is 37.1 Å². The molecule has 1 aromatic heterocycles. The van der Waals surface area contributed by atoms with E-state index in [9.17, 15) is 18.0 Å². The molecule has 1 aromatic carbocycles. The molecule has 2 aromatic rings. The molecule has 0 fully saturated rings. The zero-order valence-electron chi connectivity index (χ0n) is 12.9. The molecule has 0 spiro atoms. The average molecular weight is 327 g/mol. The minimum absolute atomic E-state index is 0.109. The van der Waals surface area contributed by atoms with E-state index < -0.39 is 12.1 Å². The van der Waals surface area contributed by atoms with Gasteiger partial charge in [0.15, 0.2) is 0 Å². The van der Waals surface area contributed by atoms with Gasteiger partial charge in [0.1, 0.15) is 0 Å².